The van der Waals surface area contributed by atoms with Gasteiger partial charge in [0.15, 0.2) is 0 Å². The number of furan rings is 1. The summed E-state index contributed by atoms with van der Waals surface area (Å²) in [5.74, 6) is 0.575. The monoisotopic (exact) mass is 435 g/mol. The number of carbonyl (C=O) groups is 1. The van der Waals surface area contributed by atoms with Crippen LogP contribution in [0.4, 0.5) is 5.69 Å². The van der Waals surface area contributed by atoms with Gasteiger partial charge in [0.2, 0.25) is 0 Å². The molecule has 0 spiro atoms. The second-order valence-corrected chi connectivity index (χ2v) is 8.66. The van der Waals surface area contributed by atoms with Gasteiger partial charge in [-0.25, -0.2) is 0 Å². The van der Waals surface area contributed by atoms with Crippen molar-refractivity contribution >= 4 is 22.6 Å². The highest BCUT2D eigenvalue weighted by Gasteiger charge is 2.25. The summed E-state index contributed by atoms with van der Waals surface area (Å²) in [6.07, 6.45) is 1.67. The smallest absolute Gasteiger partial charge is 0.259 e. The Kier molecular flexibility index (Phi) is 6.53. The molecular weight excluding hydrogens is 402 g/mol. The largest absolute Gasteiger partial charge is 0.508 e. The zero-order valence-corrected chi connectivity index (χ0v) is 19.5. The number of benzene rings is 2. The standard InChI is InChI=1S/C26H33N3O3/c1-5-18-8-7-9-19(6-2)25(18)27-26(31)23-17(3)32-22-11-10-21(30)20(24(22)23)16-29-14-12-28(4)13-15-29/h7-11,30H,5-6,12-16H2,1-4H3,(H,27,31). The average Bonchev–Trinajstić information content (AvgIpc) is 3.13. The minimum atomic E-state index is -0.193. The quantitative estimate of drug-likeness (QED) is 0.594. The van der Waals surface area contributed by atoms with Crippen molar-refractivity contribution in [1.82, 2.24) is 9.80 Å². The van der Waals surface area contributed by atoms with Crippen molar-refractivity contribution in [2.75, 3.05) is 38.5 Å². The van der Waals surface area contributed by atoms with Gasteiger partial charge in [-0.15, -0.1) is 0 Å². The van der Waals surface area contributed by atoms with E-state index in [0.717, 1.165) is 61.4 Å². The number of phenolic OH excluding ortho intramolecular Hbond substituents is 1. The van der Waals surface area contributed by atoms with E-state index in [9.17, 15) is 9.90 Å². The number of aromatic hydroxyl groups is 1. The van der Waals surface area contributed by atoms with Gasteiger partial charge in [-0.1, -0.05) is 32.0 Å². The molecule has 2 aromatic carbocycles. The van der Waals surface area contributed by atoms with Gasteiger partial charge < -0.3 is 19.7 Å². The number of carbonyl (C=O) groups excluding carboxylic acids is 1. The van der Waals surface area contributed by atoms with Crippen LogP contribution in [0, 0.1) is 6.92 Å². The molecule has 0 bridgehead atoms. The Hall–Kier alpha value is -2.83. The third-order valence-electron chi connectivity index (χ3n) is 6.56. The summed E-state index contributed by atoms with van der Waals surface area (Å²) in [4.78, 5) is 18.2. The van der Waals surface area contributed by atoms with Crippen LogP contribution in [-0.2, 0) is 19.4 Å². The number of likely N-dealkylation sites (N-methyl/N-ethyl adjacent to an activating group) is 1. The Balaban J connectivity index is 1.74. The van der Waals surface area contributed by atoms with Gasteiger partial charge in [-0.05, 0) is 50.1 Å². The predicted molar refractivity (Wildman–Crippen MR) is 129 cm³/mol. The van der Waals surface area contributed by atoms with Crippen LogP contribution >= 0.6 is 0 Å². The number of nitrogens with one attached hydrogen (secondary N) is 1. The predicted octanol–water partition coefficient (Wildman–Crippen LogP) is 4.57. The SMILES string of the molecule is CCc1cccc(CC)c1NC(=O)c1c(C)oc2ccc(O)c(CN3CCN(C)CC3)c12. The van der Waals surface area contributed by atoms with Crippen molar-refractivity contribution in [3.63, 3.8) is 0 Å². The zero-order valence-electron chi connectivity index (χ0n) is 19.5. The zero-order chi connectivity index (χ0) is 22.8. The average molecular weight is 436 g/mol. The molecule has 32 heavy (non-hydrogen) atoms. The van der Waals surface area contributed by atoms with Crippen LogP contribution < -0.4 is 5.32 Å². The number of fused-ring (bicyclic) bond motifs is 1. The lowest BCUT2D eigenvalue weighted by molar-refractivity contribution is 0.102. The molecule has 0 aliphatic carbocycles. The third kappa shape index (κ3) is 4.25. The number of nitrogens with zero attached hydrogens (tertiary/aromatic N) is 2. The molecular formula is C26H33N3O3. The molecule has 1 aliphatic heterocycles. The van der Waals surface area contributed by atoms with Crippen LogP contribution in [0.15, 0.2) is 34.7 Å². The number of hydrogen-bond donors (Lipinski definition) is 2. The summed E-state index contributed by atoms with van der Waals surface area (Å²) in [6, 6.07) is 9.57. The first kappa shape index (κ1) is 22.4. The van der Waals surface area contributed by atoms with E-state index in [4.69, 9.17) is 4.42 Å². The molecule has 1 aliphatic rings. The first-order valence-corrected chi connectivity index (χ1v) is 11.5. The molecule has 1 saturated heterocycles. The summed E-state index contributed by atoms with van der Waals surface area (Å²) >= 11 is 0. The molecule has 0 saturated carbocycles. The van der Waals surface area contributed by atoms with Gasteiger partial charge >= 0.3 is 0 Å². The maximum atomic E-state index is 13.6. The fourth-order valence-corrected chi connectivity index (χ4v) is 4.61. The molecule has 1 amide bonds. The van der Waals surface area contributed by atoms with E-state index in [-0.39, 0.29) is 11.7 Å². The molecule has 3 aromatic rings. The molecule has 6 heteroatoms. The van der Waals surface area contributed by atoms with E-state index in [1.165, 1.54) is 0 Å². The minimum absolute atomic E-state index is 0.193. The van der Waals surface area contributed by atoms with Crippen molar-refractivity contribution in [3.8, 4) is 5.75 Å². The minimum Gasteiger partial charge on any atom is -0.508 e. The molecule has 4 rings (SSSR count). The van der Waals surface area contributed by atoms with E-state index in [1.807, 2.05) is 13.0 Å². The summed E-state index contributed by atoms with van der Waals surface area (Å²) in [6.45, 7) is 10.4. The van der Waals surface area contributed by atoms with Crippen molar-refractivity contribution in [3.05, 3.63) is 58.3 Å². The lowest BCUT2D eigenvalue weighted by Crippen LogP contribution is -2.43. The molecule has 0 radical (unpaired) electrons. The fourth-order valence-electron chi connectivity index (χ4n) is 4.61. The number of amides is 1. The van der Waals surface area contributed by atoms with E-state index < -0.39 is 0 Å². The molecule has 0 unspecified atom stereocenters. The highest BCUT2D eigenvalue weighted by atomic mass is 16.3. The summed E-state index contributed by atoms with van der Waals surface area (Å²) in [7, 11) is 2.12. The Morgan fingerprint density at radius 3 is 2.34 bits per heavy atom. The molecule has 0 atom stereocenters. The van der Waals surface area contributed by atoms with Crippen molar-refractivity contribution < 1.29 is 14.3 Å². The van der Waals surface area contributed by atoms with Gasteiger partial charge in [-0.2, -0.15) is 0 Å². The van der Waals surface area contributed by atoms with E-state index >= 15 is 0 Å². The van der Waals surface area contributed by atoms with Crippen LogP contribution in [0.25, 0.3) is 11.0 Å². The molecule has 1 fully saturated rings. The van der Waals surface area contributed by atoms with Crippen molar-refractivity contribution in [2.24, 2.45) is 0 Å². The van der Waals surface area contributed by atoms with Gasteiger partial charge in [0.05, 0.1) is 5.56 Å². The van der Waals surface area contributed by atoms with Crippen LogP contribution in [0.1, 0.15) is 46.7 Å². The molecule has 6 nitrogen and oxygen atoms in total. The topological polar surface area (TPSA) is 68.9 Å². The summed E-state index contributed by atoms with van der Waals surface area (Å²) < 4.78 is 5.97. The number of anilines is 1. The summed E-state index contributed by atoms with van der Waals surface area (Å²) in [5, 5.41) is 14.6. The second-order valence-electron chi connectivity index (χ2n) is 8.66. The lowest BCUT2D eigenvalue weighted by atomic mass is 10.0. The highest BCUT2D eigenvalue weighted by molar-refractivity contribution is 6.14. The van der Waals surface area contributed by atoms with Crippen LogP contribution in [0.5, 0.6) is 5.75 Å². The van der Waals surface area contributed by atoms with E-state index in [0.29, 0.717) is 28.8 Å². The molecule has 2 N–H and O–H groups in total. The Morgan fingerprint density at radius 2 is 1.72 bits per heavy atom. The van der Waals surface area contributed by atoms with Gasteiger partial charge in [0.25, 0.3) is 5.91 Å². The molecule has 2 heterocycles. The molecule has 170 valence electrons. The number of phenols is 1. The fraction of sp³-hybridized carbons (Fsp3) is 0.423. The number of rotatable bonds is 6. The van der Waals surface area contributed by atoms with Gasteiger partial charge in [0, 0.05) is 49.4 Å². The third-order valence-corrected chi connectivity index (χ3v) is 6.56. The Labute approximate surface area is 189 Å². The second kappa shape index (κ2) is 9.35. The van der Waals surface area contributed by atoms with Crippen molar-refractivity contribution in [2.45, 2.75) is 40.2 Å². The maximum Gasteiger partial charge on any atom is 0.259 e. The normalized spacial score (nSPS) is 15.4. The highest BCUT2D eigenvalue weighted by Crippen LogP contribution is 2.35. The van der Waals surface area contributed by atoms with Crippen LogP contribution in [0.2, 0.25) is 0 Å². The van der Waals surface area contributed by atoms with E-state index in [1.54, 1.807) is 12.1 Å². The van der Waals surface area contributed by atoms with Gasteiger partial charge in [-0.3, -0.25) is 9.69 Å². The molecule has 1 aromatic heterocycles. The van der Waals surface area contributed by atoms with Crippen LogP contribution in [0.3, 0.4) is 0 Å². The summed E-state index contributed by atoms with van der Waals surface area (Å²) in [5.41, 5.74) is 5.01. The van der Waals surface area contributed by atoms with E-state index in [2.05, 4.69) is 48.1 Å². The maximum absolute atomic E-state index is 13.6. The van der Waals surface area contributed by atoms with Crippen molar-refractivity contribution in [1.29, 1.82) is 0 Å². The Morgan fingerprint density at radius 1 is 1.06 bits per heavy atom. The van der Waals surface area contributed by atoms with Crippen LogP contribution in [-0.4, -0.2) is 54.0 Å². The first-order chi connectivity index (χ1) is 15.4. The Bertz CT molecular complexity index is 1100. The number of aryl methyl sites for hydroxylation is 3. The van der Waals surface area contributed by atoms with Gasteiger partial charge in [0.1, 0.15) is 17.1 Å². The number of hydrogen-bond acceptors (Lipinski definition) is 5. The lowest BCUT2D eigenvalue weighted by Gasteiger charge is -2.32. The number of para-hydroxylation sites is 1. The first-order valence-electron chi connectivity index (χ1n) is 11.5. The number of piperazine rings is 1.